The van der Waals surface area contributed by atoms with Crippen molar-refractivity contribution in [2.45, 2.75) is 51.1 Å². The van der Waals surface area contributed by atoms with E-state index in [9.17, 15) is 0 Å². The summed E-state index contributed by atoms with van der Waals surface area (Å²) in [6.45, 7) is 6.11. The molecule has 4 atom stereocenters. The molecule has 0 aromatic carbocycles. The average molecular weight is 253 g/mol. The van der Waals surface area contributed by atoms with E-state index in [2.05, 4.69) is 30.8 Å². The zero-order valence-corrected chi connectivity index (χ0v) is 12.4. The maximum Gasteiger partial charge on any atom is 0.0254 e. The number of nitrogens with zero attached hydrogens (tertiary/aromatic N) is 2. The molecule has 0 spiro atoms. The van der Waals surface area contributed by atoms with Crippen LogP contribution in [0.2, 0.25) is 0 Å². The third-order valence-electron chi connectivity index (χ3n) is 5.02. The van der Waals surface area contributed by atoms with Gasteiger partial charge in [0.15, 0.2) is 0 Å². The zero-order chi connectivity index (χ0) is 13.1. The molecule has 2 N–H and O–H groups in total. The van der Waals surface area contributed by atoms with Crippen LogP contribution in [0.1, 0.15) is 39.0 Å². The van der Waals surface area contributed by atoms with Gasteiger partial charge in [-0.1, -0.05) is 26.2 Å². The standard InChI is InChI=1S/C15H31N3/c1-12-9-18(11-15(12)17(2)3)10-13-7-5-4-6-8-14(13)16/h12-15H,4-11,16H2,1-3H3. The van der Waals surface area contributed by atoms with Gasteiger partial charge in [0.25, 0.3) is 0 Å². The van der Waals surface area contributed by atoms with Crippen LogP contribution in [-0.2, 0) is 0 Å². The molecule has 2 rings (SSSR count). The Morgan fingerprint density at radius 2 is 1.83 bits per heavy atom. The normalized spacial score (nSPS) is 39.2. The predicted octanol–water partition coefficient (Wildman–Crippen LogP) is 1.78. The first-order valence-corrected chi connectivity index (χ1v) is 7.72. The molecule has 3 heteroatoms. The number of hydrogen-bond acceptors (Lipinski definition) is 3. The monoisotopic (exact) mass is 253 g/mol. The molecule has 1 aliphatic carbocycles. The number of likely N-dealkylation sites (N-methyl/N-ethyl adjacent to an activating group) is 1. The summed E-state index contributed by atoms with van der Waals surface area (Å²) < 4.78 is 0. The van der Waals surface area contributed by atoms with Crippen LogP contribution in [0.4, 0.5) is 0 Å². The van der Waals surface area contributed by atoms with E-state index in [-0.39, 0.29) is 0 Å². The van der Waals surface area contributed by atoms with Crippen molar-refractivity contribution in [1.82, 2.24) is 9.80 Å². The third-order valence-corrected chi connectivity index (χ3v) is 5.02. The molecule has 0 radical (unpaired) electrons. The summed E-state index contributed by atoms with van der Waals surface area (Å²) in [6.07, 6.45) is 6.71. The van der Waals surface area contributed by atoms with E-state index >= 15 is 0 Å². The Morgan fingerprint density at radius 1 is 1.11 bits per heavy atom. The zero-order valence-electron chi connectivity index (χ0n) is 12.4. The molecule has 0 bridgehead atoms. The highest BCUT2D eigenvalue weighted by Gasteiger charge is 2.33. The van der Waals surface area contributed by atoms with Crippen LogP contribution < -0.4 is 5.73 Å². The molecule has 0 amide bonds. The maximum atomic E-state index is 6.35. The summed E-state index contributed by atoms with van der Waals surface area (Å²) in [7, 11) is 4.42. The molecule has 1 saturated carbocycles. The van der Waals surface area contributed by atoms with Crippen molar-refractivity contribution in [3.63, 3.8) is 0 Å². The van der Waals surface area contributed by atoms with Crippen LogP contribution in [0.3, 0.4) is 0 Å². The molecule has 0 aromatic heterocycles. The molecule has 3 nitrogen and oxygen atoms in total. The number of rotatable bonds is 3. The van der Waals surface area contributed by atoms with Gasteiger partial charge in [-0.05, 0) is 38.8 Å². The van der Waals surface area contributed by atoms with Gasteiger partial charge in [0.2, 0.25) is 0 Å². The lowest BCUT2D eigenvalue weighted by molar-refractivity contribution is 0.220. The van der Waals surface area contributed by atoms with Crippen molar-refractivity contribution in [1.29, 1.82) is 0 Å². The van der Waals surface area contributed by atoms with Gasteiger partial charge < -0.3 is 15.5 Å². The van der Waals surface area contributed by atoms with E-state index in [0.717, 1.165) is 17.9 Å². The highest BCUT2D eigenvalue weighted by molar-refractivity contribution is 4.89. The fourth-order valence-electron chi connectivity index (χ4n) is 3.84. The number of hydrogen-bond donors (Lipinski definition) is 1. The summed E-state index contributed by atoms with van der Waals surface area (Å²) in [5.41, 5.74) is 6.35. The predicted molar refractivity (Wildman–Crippen MR) is 77.6 cm³/mol. The van der Waals surface area contributed by atoms with E-state index in [0.29, 0.717) is 6.04 Å². The fourth-order valence-corrected chi connectivity index (χ4v) is 3.84. The van der Waals surface area contributed by atoms with Crippen molar-refractivity contribution < 1.29 is 0 Å². The van der Waals surface area contributed by atoms with Crippen LogP contribution in [0.25, 0.3) is 0 Å². The second-order valence-electron chi connectivity index (χ2n) is 6.79. The molecule has 4 unspecified atom stereocenters. The summed E-state index contributed by atoms with van der Waals surface area (Å²) in [5.74, 6) is 1.53. The Labute approximate surface area is 113 Å². The summed E-state index contributed by atoms with van der Waals surface area (Å²) in [6, 6.07) is 1.17. The second kappa shape index (κ2) is 6.36. The minimum absolute atomic E-state index is 0.446. The molecule has 18 heavy (non-hydrogen) atoms. The maximum absolute atomic E-state index is 6.35. The van der Waals surface area contributed by atoms with E-state index in [4.69, 9.17) is 5.73 Å². The van der Waals surface area contributed by atoms with E-state index in [1.165, 1.54) is 51.7 Å². The average Bonchev–Trinajstić information content (AvgIpc) is 2.56. The van der Waals surface area contributed by atoms with Gasteiger partial charge >= 0.3 is 0 Å². The minimum Gasteiger partial charge on any atom is -0.327 e. The van der Waals surface area contributed by atoms with Crippen molar-refractivity contribution in [3.05, 3.63) is 0 Å². The van der Waals surface area contributed by atoms with Crippen molar-refractivity contribution in [3.8, 4) is 0 Å². The lowest BCUT2D eigenvalue weighted by atomic mass is 9.95. The van der Waals surface area contributed by atoms with Gasteiger partial charge in [-0.25, -0.2) is 0 Å². The van der Waals surface area contributed by atoms with E-state index < -0.39 is 0 Å². The number of nitrogens with two attached hydrogens (primary N) is 1. The Morgan fingerprint density at radius 3 is 2.50 bits per heavy atom. The van der Waals surface area contributed by atoms with Gasteiger partial charge in [0.1, 0.15) is 0 Å². The summed E-state index contributed by atoms with van der Waals surface area (Å²) in [4.78, 5) is 5.04. The van der Waals surface area contributed by atoms with Gasteiger partial charge in [0, 0.05) is 31.7 Å². The quantitative estimate of drug-likeness (QED) is 0.778. The van der Waals surface area contributed by atoms with E-state index in [1.54, 1.807) is 0 Å². The highest BCUT2D eigenvalue weighted by atomic mass is 15.2. The first kappa shape index (κ1) is 14.3. The lowest BCUT2D eigenvalue weighted by Crippen LogP contribution is -2.39. The Hall–Kier alpha value is -0.120. The van der Waals surface area contributed by atoms with Gasteiger partial charge in [0.05, 0.1) is 0 Å². The summed E-state index contributed by atoms with van der Waals surface area (Å²) >= 11 is 0. The van der Waals surface area contributed by atoms with Crippen LogP contribution >= 0.6 is 0 Å². The Bertz CT molecular complexity index is 254. The molecule has 2 aliphatic rings. The molecule has 1 saturated heterocycles. The molecular weight excluding hydrogens is 222 g/mol. The second-order valence-corrected chi connectivity index (χ2v) is 6.79. The summed E-state index contributed by atoms with van der Waals surface area (Å²) in [5, 5.41) is 0. The third kappa shape index (κ3) is 3.46. The van der Waals surface area contributed by atoms with Crippen molar-refractivity contribution in [2.75, 3.05) is 33.7 Å². The minimum atomic E-state index is 0.446. The van der Waals surface area contributed by atoms with Crippen LogP contribution in [0.15, 0.2) is 0 Å². The topological polar surface area (TPSA) is 32.5 Å². The molecular formula is C15H31N3. The number of likely N-dealkylation sites (tertiary alicyclic amines) is 1. The molecule has 1 heterocycles. The van der Waals surface area contributed by atoms with Crippen molar-refractivity contribution in [2.24, 2.45) is 17.6 Å². The molecule has 0 aromatic rings. The molecule has 106 valence electrons. The molecule has 1 aliphatic heterocycles. The van der Waals surface area contributed by atoms with Crippen molar-refractivity contribution >= 4 is 0 Å². The molecule has 2 fully saturated rings. The first-order chi connectivity index (χ1) is 8.58. The largest absolute Gasteiger partial charge is 0.327 e. The van der Waals surface area contributed by atoms with Gasteiger partial charge in [-0.15, -0.1) is 0 Å². The van der Waals surface area contributed by atoms with Crippen LogP contribution in [0.5, 0.6) is 0 Å². The van der Waals surface area contributed by atoms with Gasteiger partial charge in [-0.3, -0.25) is 0 Å². The Kier molecular flexibility index (Phi) is 5.05. The lowest BCUT2D eigenvalue weighted by Gasteiger charge is -2.27. The van der Waals surface area contributed by atoms with Crippen LogP contribution in [0, 0.1) is 11.8 Å². The Balaban J connectivity index is 1.86. The van der Waals surface area contributed by atoms with E-state index in [1.807, 2.05) is 0 Å². The van der Waals surface area contributed by atoms with Crippen LogP contribution in [-0.4, -0.2) is 55.6 Å². The SMILES string of the molecule is CC1CN(CC2CCCCCC2N)CC1N(C)C. The first-order valence-electron chi connectivity index (χ1n) is 7.72. The van der Waals surface area contributed by atoms with Gasteiger partial charge in [-0.2, -0.15) is 0 Å². The smallest absolute Gasteiger partial charge is 0.0254 e. The fraction of sp³-hybridized carbons (Fsp3) is 1.00. The highest BCUT2D eigenvalue weighted by Crippen LogP contribution is 2.26.